The van der Waals surface area contributed by atoms with Gasteiger partial charge in [-0.2, -0.15) is 5.21 Å². The van der Waals surface area contributed by atoms with Crippen molar-refractivity contribution in [2.75, 3.05) is 13.2 Å². The summed E-state index contributed by atoms with van der Waals surface area (Å²) in [6.45, 7) is 8.07. The molecule has 23 heavy (non-hydrogen) atoms. The van der Waals surface area contributed by atoms with Crippen LogP contribution in [0, 0.1) is 0 Å². The van der Waals surface area contributed by atoms with Gasteiger partial charge in [-0.15, -0.1) is 10.2 Å². The number of ether oxygens (including phenoxy) is 2. The fourth-order valence-electron chi connectivity index (χ4n) is 1.88. The molecule has 1 aromatic heterocycles. The first-order valence-electron chi connectivity index (χ1n) is 7.20. The summed E-state index contributed by atoms with van der Waals surface area (Å²) in [4.78, 5) is 12.3. The molecule has 2 N–H and O–H groups in total. The van der Waals surface area contributed by atoms with Gasteiger partial charge in [-0.05, 0) is 32.0 Å². The maximum atomic E-state index is 12.3. The number of carbonyl (C=O) groups excluding carboxylic acids is 1. The van der Waals surface area contributed by atoms with Crippen molar-refractivity contribution in [3.8, 4) is 11.5 Å². The molecule has 2 rings (SSSR count). The van der Waals surface area contributed by atoms with Gasteiger partial charge in [0, 0.05) is 5.56 Å². The van der Waals surface area contributed by atoms with E-state index < -0.39 is 0 Å². The Morgan fingerprint density at radius 3 is 2.91 bits per heavy atom. The van der Waals surface area contributed by atoms with Crippen molar-refractivity contribution in [1.82, 2.24) is 25.9 Å². The molecule has 8 heteroatoms. The molecule has 0 aliphatic rings. The highest BCUT2D eigenvalue weighted by atomic mass is 16.5. The van der Waals surface area contributed by atoms with E-state index in [1.807, 2.05) is 6.92 Å². The molecule has 0 saturated carbocycles. The van der Waals surface area contributed by atoms with Crippen LogP contribution in [-0.2, 0) is 0 Å². The van der Waals surface area contributed by atoms with Crippen molar-refractivity contribution >= 4 is 5.91 Å². The normalized spacial score (nSPS) is 11.6. The van der Waals surface area contributed by atoms with E-state index in [0.717, 1.165) is 0 Å². The van der Waals surface area contributed by atoms with Crippen LogP contribution >= 0.6 is 0 Å². The number of carbonyl (C=O) groups is 1. The molecular weight excluding hydrogens is 298 g/mol. The van der Waals surface area contributed by atoms with Gasteiger partial charge in [0.25, 0.3) is 5.91 Å². The van der Waals surface area contributed by atoms with Crippen molar-refractivity contribution in [1.29, 1.82) is 0 Å². The summed E-state index contributed by atoms with van der Waals surface area (Å²) >= 11 is 0. The molecule has 0 radical (unpaired) electrons. The first-order valence-corrected chi connectivity index (χ1v) is 7.20. The molecule has 0 saturated heterocycles. The molecular formula is C15H19N5O3. The van der Waals surface area contributed by atoms with Crippen LogP contribution in [0.2, 0.25) is 0 Å². The van der Waals surface area contributed by atoms with E-state index in [1.165, 1.54) is 0 Å². The molecule has 8 nitrogen and oxygen atoms in total. The standard InChI is InChI=1S/C15H19N5O3/c1-4-8-23-12-7-6-11(9-13(12)22-5-2)15(21)16-10(3)14-17-19-20-18-14/h4,6-7,9-10H,1,5,8H2,2-3H3,(H,16,21)(H,17,18,19,20)/t10-/m0/s1. The molecule has 0 bridgehead atoms. The highest BCUT2D eigenvalue weighted by Gasteiger charge is 2.16. The van der Waals surface area contributed by atoms with Gasteiger partial charge < -0.3 is 14.8 Å². The zero-order chi connectivity index (χ0) is 16.7. The third-order valence-electron chi connectivity index (χ3n) is 2.96. The summed E-state index contributed by atoms with van der Waals surface area (Å²) in [5.41, 5.74) is 0.453. The number of benzene rings is 1. The minimum atomic E-state index is -0.367. The van der Waals surface area contributed by atoms with E-state index in [1.54, 1.807) is 31.2 Å². The monoisotopic (exact) mass is 317 g/mol. The topological polar surface area (TPSA) is 102 Å². The number of nitrogens with zero attached hydrogens (tertiary/aromatic N) is 3. The summed E-state index contributed by atoms with van der Waals surface area (Å²) < 4.78 is 11.0. The van der Waals surface area contributed by atoms with E-state index in [4.69, 9.17) is 9.47 Å². The minimum Gasteiger partial charge on any atom is -0.490 e. The van der Waals surface area contributed by atoms with Crippen LogP contribution < -0.4 is 14.8 Å². The number of hydrogen-bond donors (Lipinski definition) is 2. The van der Waals surface area contributed by atoms with Crippen LogP contribution in [0.25, 0.3) is 0 Å². The Morgan fingerprint density at radius 2 is 2.26 bits per heavy atom. The number of aromatic nitrogens is 4. The smallest absolute Gasteiger partial charge is 0.252 e. The van der Waals surface area contributed by atoms with Crippen molar-refractivity contribution < 1.29 is 14.3 Å². The average molecular weight is 317 g/mol. The molecule has 1 atom stereocenters. The molecule has 2 aromatic rings. The van der Waals surface area contributed by atoms with Gasteiger partial charge in [-0.1, -0.05) is 17.9 Å². The first-order chi connectivity index (χ1) is 11.2. The highest BCUT2D eigenvalue weighted by molar-refractivity contribution is 5.95. The lowest BCUT2D eigenvalue weighted by Gasteiger charge is -2.14. The van der Waals surface area contributed by atoms with Crippen LogP contribution in [0.4, 0.5) is 0 Å². The van der Waals surface area contributed by atoms with Crippen LogP contribution in [0.3, 0.4) is 0 Å². The molecule has 1 amide bonds. The maximum absolute atomic E-state index is 12.3. The summed E-state index contributed by atoms with van der Waals surface area (Å²) in [5, 5.41) is 16.3. The van der Waals surface area contributed by atoms with Crippen LogP contribution in [-0.4, -0.2) is 39.7 Å². The van der Waals surface area contributed by atoms with E-state index in [2.05, 4.69) is 32.5 Å². The molecule has 0 fully saturated rings. The van der Waals surface area contributed by atoms with E-state index in [9.17, 15) is 4.79 Å². The predicted molar refractivity (Wildman–Crippen MR) is 83.4 cm³/mol. The lowest BCUT2D eigenvalue weighted by atomic mass is 10.1. The Bertz CT molecular complexity index is 657. The quantitative estimate of drug-likeness (QED) is 0.718. The van der Waals surface area contributed by atoms with Crippen molar-refractivity contribution in [3.63, 3.8) is 0 Å². The highest BCUT2D eigenvalue weighted by Crippen LogP contribution is 2.28. The van der Waals surface area contributed by atoms with Gasteiger partial charge in [0.2, 0.25) is 0 Å². The van der Waals surface area contributed by atoms with Crippen LogP contribution in [0.5, 0.6) is 11.5 Å². The molecule has 0 aliphatic heterocycles. The number of aromatic amines is 1. The fraction of sp³-hybridized carbons (Fsp3) is 0.333. The number of nitrogens with one attached hydrogen (secondary N) is 2. The predicted octanol–water partition coefficient (Wildman–Crippen LogP) is 1.65. The molecule has 1 aromatic carbocycles. The van der Waals surface area contributed by atoms with E-state index in [-0.39, 0.29) is 11.9 Å². The summed E-state index contributed by atoms with van der Waals surface area (Å²) in [6.07, 6.45) is 1.64. The van der Waals surface area contributed by atoms with Crippen molar-refractivity contribution in [2.45, 2.75) is 19.9 Å². The molecule has 1 heterocycles. The van der Waals surface area contributed by atoms with Gasteiger partial charge in [-0.3, -0.25) is 4.79 Å². The molecule has 0 aliphatic carbocycles. The SMILES string of the molecule is C=CCOc1ccc(C(=O)N[C@@H](C)c2nn[nH]n2)cc1OCC. The number of tetrazole rings is 1. The largest absolute Gasteiger partial charge is 0.490 e. The van der Waals surface area contributed by atoms with E-state index in [0.29, 0.717) is 36.1 Å². The average Bonchev–Trinajstić information content (AvgIpc) is 3.08. The summed E-state index contributed by atoms with van der Waals surface area (Å²) in [5.74, 6) is 1.22. The summed E-state index contributed by atoms with van der Waals surface area (Å²) in [7, 11) is 0. The second kappa shape index (κ2) is 7.92. The zero-order valence-corrected chi connectivity index (χ0v) is 13.1. The Labute approximate surface area is 133 Å². The second-order valence-electron chi connectivity index (χ2n) is 4.66. The Kier molecular flexibility index (Phi) is 5.67. The minimum absolute atomic E-state index is 0.265. The first kappa shape index (κ1) is 16.5. The number of amides is 1. The number of hydrogen-bond acceptors (Lipinski definition) is 6. The van der Waals surface area contributed by atoms with Gasteiger partial charge in [0.15, 0.2) is 17.3 Å². The number of rotatable bonds is 8. The molecule has 0 spiro atoms. The van der Waals surface area contributed by atoms with Crippen LogP contribution in [0.15, 0.2) is 30.9 Å². The Morgan fingerprint density at radius 1 is 1.43 bits per heavy atom. The lowest BCUT2D eigenvalue weighted by molar-refractivity contribution is 0.0937. The maximum Gasteiger partial charge on any atom is 0.252 e. The van der Waals surface area contributed by atoms with Crippen molar-refractivity contribution in [3.05, 3.63) is 42.2 Å². The Hall–Kier alpha value is -2.90. The third-order valence-corrected chi connectivity index (χ3v) is 2.96. The summed E-state index contributed by atoms with van der Waals surface area (Å²) in [6, 6.07) is 4.63. The van der Waals surface area contributed by atoms with Crippen LogP contribution in [0.1, 0.15) is 36.1 Å². The second-order valence-corrected chi connectivity index (χ2v) is 4.66. The third kappa shape index (κ3) is 4.29. The molecule has 0 unspecified atom stereocenters. The van der Waals surface area contributed by atoms with Gasteiger partial charge in [0.1, 0.15) is 6.61 Å². The van der Waals surface area contributed by atoms with E-state index >= 15 is 0 Å². The van der Waals surface area contributed by atoms with Gasteiger partial charge >= 0.3 is 0 Å². The lowest BCUT2D eigenvalue weighted by Crippen LogP contribution is -2.27. The Balaban J connectivity index is 2.13. The molecule has 122 valence electrons. The number of H-pyrrole nitrogens is 1. The van der Waals surface area contributed by atoms with Gasteiger partial charge in [0.05, 0.1) is 12.6 Å². The fourth-order valence-corrected chi connectivity index (χ4v) is 1.88. The zero-order valence-electron chi connectivity index (χ0n) is 13.1. The van der Waals surface area contributed by atoms with Gasteiger partial charge in [-0.25, -0.2) is 0 Å². The van der Waals surface area contributed by atoms with Crippen molar-refractivity contribution in [2.24, 2.45) is 0 Å².